The van der Waals surface area contributed by atoms with Crippen LogP contribution >= 0.6 is 11.3 Å². The van der Waals surface area contributed by atoms with Crippen LogP contribution in [0.2, 0.25) is 0 Å². The number of rotatable bonds is 5. The summed E-state index contributed by atoms with van der Waals surface area (Å²) in [6.07, 6.45) is 6.99. The summed E-state index contributed by atoms with van der Waals surface area (Å²) in [7, 11) is 1.94. The Bertz CT molecular complexity index is 364. The molecule has 1 rings (SSSR count). The molecule has 3 N–H and O–H groups in total. The van der Waals surface area contributed by atoms with E-state index in [0.29, 0.717) is 6.54 Å². The molecule has 0 unspecified atom stereocenters. The van der Waals surface area contributed by atoms with Crippen LogP contribution in [0.5, 0.6) is 0 Å². The van der Waals surface area contributed by atoms with Crippen molar-refractivity contribution in [3.05, 3.63) is 34.0 Å². The molecule has 0 aliphatic carbocycles. The first-order valence-electron chi connectivity index (χ1n) is 5.04. The second kappa shape index (κ2) is 5.73. The molecule has 0 atom stereocenters. The van der Waals surface area contributed by atoms with E-state index in [1.54, 1.807) is 11.3 Å². The van der Waals surface area contributed by atoms with Crippen LogP contribution in [0.4, 0.5) is 5.69 Å². The van der Waals surface area contributed by atoms with Gasteiger partial charge in [-0.1, -0.05) is 12.2 Å². The van der Waals surface area contributed by atoms with Gasteiger partial charge in [0.15, 0.2) is 0 Å². The van der Waals surface area contributed by atoms with Crippen molar-refractivity contribution in [2.24, 2.45) is 5.73 Å². The summed E-state index contributed by atoms with van der Waals surface area (Å²) in [4.78, 5) is 2.49. The van der Waals surface area contributed by atoms with Gasteiger partial charge >= 0.3 is 0 Å². The third-order valence-electron chi connectivity index (χ3n) is 2.21. The van der Waals surface area contributed by atoms with Crippen LogP contribution in [0.3, 0.4) is 0 Å². The van der Waals surface area contributed by atoms with E-state index in [4.69, 9.17) is 5.73 Å². The van der Waals surface area contributed by atoms with Crippen LogP contribution in [0.25, 0.3) is 6.08 Å². The molecule has 0 fully saturated rings. The fraction of sp³-hybridized carbons (Fsp3) is 0.333. The molecule has 0 aromatic carbocycles. The fourth-order valence-electron chi connectivity index (χ4n) is 1.60. The van der Waals surface area contributed by atoms with Gasteiger partial charge in [0.25, 0.3) is 0 Å². The number of nitrogens with one attached hydrogen (secondary N) is 1. The largest absolute Gasteiger partial charge is 0.387 e. The predicted molar refractivity (Wildman–Crippen MR) is 70.4 cm³/mol. The van der Waals surface area contributed by atoms with Gasteiger partial charge in [-0.25, -0.2) is 0 Å². The third kappa shape index (κ3) is 2.49. The van der Waals surface area contributed by atoms with E-state index in [0.717, 1.165) is 6.42 Å². The first-order valence-corrected chi connectivity index (χ1v) is 5.86. The van der Waals surface area contributed by atoms with Crippen molar-refractivity contribution < 1.29 is 0 Å². The van der Waals surface area contributed by atoms with E-state index in [-0.39, 0.29) is 0 Å². The van der Waals surface area contributed by atoms with Gasteiger partial charge in [0, 0.05) is 23.3 Å². The van der Waals surface area contributed by atoms with E-state index in [9.17, 15) is 0 Å². The van der Waals surface area contributed by atoms with Gasteiger partial charge in [-0.2, -0.15) is 0 Å². The molecule has 1 aromatic heterocycles. The smallest absolute Gasteiger partial charge is 0.0534 e. The second-order valence-electron chi connectivity index (χ2n) is 3.19. The lowest BCUT2D eigenvalue weighted by Gasteiger charge is -2.04. The Labute approximate surface area is 95.5 Å². The van der Waals surface area contributed by atoms with Crippen molar-refractivity contribution in [3.63, 3.8) is 0 Å². The lowest BCUT2D eigenvalue weighted by Crippen LogP contribution is -1.99. The Morgan fingerprint density at radius 3 is 2.73 bits per heavy atom. The average molecular weight is 222 g/mol. The third-order valence-corrected chi connectivity index (χ3v) is 3.43. The lowest BCUT2D eigenvalue weighted by molar-refractivity contribution is 1.10. The summed E-state index contributed by atoms with van der Waals surface area (Å²) < 4.78 is 0. The summed E-state index contributed by atoms with van der Waals surface area (Å²) in [6.45, 7) is 6.40. The van der Waals surface area contributed by atoms with Crippen LogP contribution in [0, 0.1) is 0 Å². The van der Waals surface area contributed by atoms with Gasteiger partial charge in [-0.3, -0.25) is 0 Å². The molecule has 0 spiro atoms. The van der Waals surface area contributed by atoms with E-state index >= 15 is 0 Å². The molecule has 0 radical (unpaired) electrons. The lowest BCUT2D eigenvalue weighted by atomic mass is 10.1. The first-order chi connectivity index (χ1) is 7.28. The van der Waals surface area contributed by atoms with Gasteiger partial charge in [0.2, 0.25) is 0 Å². The fourth-order valence-corrected chi connectivity index (χ4v) is 2.79. The van der Waals surface area contributed by atoms with Gasteiger partial charge < -0.3 is 11.1 Å². The van der Waals surface area contributed by atoms with Crippen LogP contribution in [-0.4, -0.2) is 7.05 Å². The molecule has 0 saturated heterocycles. The maximum atomic E-state index is 5.72. The highest BCUT2D eigenvalue weighted by atomic mass is 32.1. The molecule has 1 aromatic rings. The van der Waals surface area contributed by atoms with Gasteiger partial charge in [-0.05, 0) is 25.0 Å². The maximum Gasteiger partial charge on any atom is 0.0534 e. The summed E-state index contributed by atoms with van der Waals surface area (Å²) in [6, 6.07) is 0. The summed E-state index contributed by atoms with van der Waals surface area (Å²) in [5.41, 5.74) is 8.20. The number of nitrogens with two attached hydrogens (primary N) is 1. The zero-order valence-electron chi connectivity index (χ0n) is 9.34. The molecule has 2 nitrogen and oxygen atoms in total. The molecular formula is C12H18N2S. The molecule has 1 heterocycles. The Morgan fingerprint density at radius 2 is 2.27 bits per heavy atom. The molecule has 82 valence electrons. The minimum atomic E-state index is 0.586. The molecule has 0 amide bonds. The number of anilines is 1. The molecule has 0 aliphatic rings. The van der Waals surface area contributed by atoms with Crippen LogP contribution in [0.15, 0.2) is 18.7 Å². The average Bonchev–Trinajstić information content (AvgIpc) is 2.57. The van der Waals surface area contributed by atoms with Gasteiger partial charge in [-0.15, -0.1) is 17.9 Å². The molecular weight excluding hydrogens is 204 g/mol. The van der Waals surface area contributed by atoms with Crippen molar-refractivity contribution in [2.75, 3.05) is 12.4 Å². The quantitative estimate of drug-likeness (QED) is 0.752. The van der Waals surface area contributed by atoms with Crippen molar-refractivity contribution in [2.45, 2.75) is 19.9 Å². The molecule has 15 heavy (non-hydrogen) atoms. The highest BCUT2D eigenvalue weighted by Crippen LogP contribution is 2.34. The summed E-state index contributed by atoms with van der Waals surface area (Å²) >= 11 is 1.75. The summed E-state index contributed by atoms with van der Waals surface area (Å²) in [5, 5.41) is 3.23. The number of hydrogen-bond acceptors (Lipinski definition) is 3. The van der Waals surface area contributed by atoms with E-state index < -0.39 is 0 Å². The van der Waals surface area contributed by atoms with Gasteiger partial charge in [0.1, 0.15) is 0 Å². The van der Waals surface area contributed by atoms with E-state index in [1.165, 1.54) is 21.0 Å². The standard InChI is InChI=1S/C12H18N2S/c1-4-6-9-10(7-5-2)15-11(8-13)12(9)14-3/h4-5,7,14H,1,6,8,13H2,2-3H3/b7-5-. The summed E-state index contributed by atoms with van der Waals surface area (Å²) in [5.74, 6) is 0. The minimum Gasteiger partial charge on any atom is -0.387 e. The van der Waals surface area contributed by atoms with Crippen molar-refractivity contribution in [3.8, 4) is 0 Å². The van der Waals surface area contributed by atoms with Crippen LogP contribution in [0.1, 0.15) is 22.2 Å². The number of hydrogen-bond donors (Lipinski definition) is 2. The van der Waals surface area contributed by atoms with Crippen molar-refractivity contribution in [1.29, 1.82) is 0 Å². The normalized spacial score (nSPS) is 10.9. The van der Waals surface area contributed by atoms with Gasteiger partial charge in [0.05, 0.1) is 5.69 Å². The predicted octanol–water partition coefficient (Wildman–Crippen LogP) is 3.01. The maximum absolute atomic E-state index is 5.72. The first kappa shape index (κ1) is 12.0. The molecule has 0 saturated carbocycles. The van der Waals surface area contributed by atoms with Crippen molar-refractivity contribution in [1.82, 2.24) is 0 Å². The highest BCUT2D eigenvalue weighted by molar-refractivity contribution is 7.13. The SMILES string of the molecule is C=CCc1c(/C=C\C)sc(CN)c1NC. The Kier molecular flexibility index (Phi) is 4.59. The topological polar surface area (TPSA) is 38.0 Å². The molecule has 3 heteroatoms. The number of thiophene rings is 1. The molecule has 0 bridgehead atoms. The highest BCUT2D eigenvalue weighted by Gasteiger charge is 2.13. The second-order valence-corrected chi connectivity index (χ2v) is 4.33. The zero-order chi connectivity index (χ0) is 11.3. The van der Waals surface area contributed by atoms with Crippen LogP contribution < -0.4 is 11.1 Å². The Hall–Kier alpha value is -1.06. The molecule has 0 aliphatic heterocycles. The zero-order valence-corrected chi connectivity index (χ0v) is 10.2. The Morgan fingerprint density at radius 1 is 1.53 bits per heavy atom. The number of allylic oxidation sites excluding steroid dienone is 2. The van der Waals surface area contributed by atoms with Crippen LogP contribution in [-0.2, 0) is 13.0 Å². The Balaban J connectivity index is 3.25. The van der Waals surface area contributed by atoms with E-state index in [2.05, 4.69) is 24.0 Å². The monoisotopic (exact) mass is 222 g/mol. The van der Waals surface area contributed by atoms with Crippen molar-refractivity contribution >= 4 is 23.1 Å². The van der Waals surface area contributed by atoms with E-state index in [1.807, 2.05) is 20.0 Å². The minimum absolute atomic E-state index is 0.586.